The van der Waals surface area contributed by atoms with Crippen LogP contribution in [0.3, 0.4) is 0 Å². The monoisotopic (exact) mass is 287 g/mol. The van der Waals surface area contributed by atoms with Crippen LogP contribution in [0, 0.1) is 10.4 Å². The number of hydrogen-bond acceptors (Lipinski definition) is 4. The van der Waals surface area contributed by atoms with E-state index in [4.69, 9.17) is 0 Å². The zero-order valence-electron chi connectivity index (χ0n) is 13.1. The van der Waals surface area contributed by atoms with E-state index in [0.29, 0.717) is 19.6 Å². The van der Waals surface area contributed by atoms with Crippen LogP contribution in [-0.2, 0) is 0 Å². The molecule has 6 heteroatoms. The lowest BCUT2D eigenvalue weighted by Gasteiger charge is -2.19. The van der Waals surface area contributed by atoms with Crippen LogP contribution in [0.5, 0.6) is 0 Å². The largest absolute Gasteiger partial charge is 0.737 e. The van der Waals surface area contributed by atoms with Gasteiger partial charge in [-0.2, -0.15) is 0 Å². The minimum atomic E-state index is 0.185. The Kier molecular flexibility index (Phi) is 13.6. The maximum atomic E-state index is 11.3. The van der Waals surface area contributed by atoms with Gasteiger partial charge in [-0.05, 0) is 24.7 Å². The molecule has 0 radical (unpaired) electrons. The standard InChI is InChI=1S/C14H32N4O2/c1-3-5-7-9-11-15-12-14-17(18(20)16-19)13-10-8-6-4-2/h15,19H,3-14H2,1-2H3/p-1/b18-16-. The molecule has 0 bridgehead atoms. The summed E-state index contributed by atoms with van der Waals surface area (Å²) in [6.45, 7) is 7.17. The van der Waals surface area contributed by atoms with Crippen LogP contribution in [0.15, 0.2) is 5.28 Å². The van der Waals surface area contributed by atoms with Crippen LogP contribution in [-0.4, -0.2) is 36.2 Å². The minimum Gasteiger partial charge on any atom is -0.737 e. The molecule has 0 aromatic rings. The summed E-state index contributed by atoms with van der Waals surface area (Å²) in [5.74, 6) is 0. The molecule has 0 aliphatic rings. The van der Waals surface area contributed by atoms with Gasteiger partial charge in [0.2, 0.25) is 0 Å². The molecule has 0 amide bonds. The normalized spacial score (nSPS) is 11.8. The van der Waals surface area contributed by atoms with Crippen molar-refractivity contribution in [3.63, 3.8) is 0 Å². The van der Waals surface area contributed by atoms with Crippen molar-refractivity contribution in [1.82, 2.24) is 10.3 Å². The highest BCUT2D eigenvalue weighted by molar-refractivity contribution is 4.53. The molecular weight excluding hydrogens is 256 g/mol. The lowest BCUT2D eigenvalue weighted by atomic mass is 10.2. The SMILES string of the molecule is CCCCCCNCCN(CCCCCC)/[N+]([O-])=N/[O-]. The average Bonchev–Trinajstić information content (AvgIpc) is 2.47. The summed E-state index contributed by atoms with van der Waals surface area (Å²) in [6.07, 6.45) is 9.26. The van der Waals surface area contributed by atoms with Gasteiger partial charge in [-0.1, -0.05) is 52.4 Å². The Morgan fingerprint density at radius 3 is 2.15 bits per heavy atom. The molecule has 0 saturated carbocycles. The van der Waals surface area contributed by atoms with Crippen LogP contribution in [0.25, 0.3) is 0 Å². The second kappa shape index (κ2) is 14.4. The van der Waals surface area contributed by atoms with Crippen molar-refractivity contribution >= 4 is 0 Å². The third kappa shape index (κ3) is 10.8. The van der Waals surface area contributed by atoms with E-state index in [0.717, 1.165) is 38.6 Å². The van der Waals surface area contributed by atoms with Gasteiger partial charge in [0.1, 0.15) is 0 Å². The summed E-state index contributed by atoms with van der Waals surface area (Å²) in [7, 11) is 0. The van der Waals surface area contributed by atoms with Gasteiger partial charge in [-0.25, -0.2) is 0 Å². The van der Waals surface area contributed by atoms with Crippen LogP contribution in [0.4, 0.5) is 0 Å². The number of hydrazine groups is 1. The summed E-state index contributed by atoms with van der Waals surface area (Å²) in [5.41, 5.74) is 0. The van der Waals surface area contributed by atoms with Crippen LogP contribution in [0.2, 0.25) is 0 Å². The number of unbranched alkanes of at least 4 members (excludes halogenated alkanes) is 6. The number of nitrogens with zero attached hydrogens (tertiary/aromatic N) is 3. The van der Waals surface area contributed by atoms with Gasteiger partial charge in [0.15, 0.2) is 0 Å². The summed E-state index contributed by atoms with van der Waals surface area (Å²) in [5, 5.41) is 28.9. The highest BCUT2D eigenvalue weighted by Crippen LogP contribution is 2.02. The van der Waals surface area contributed by atoms with Gasteiger partial charge in [-0.3, -0.25) is 0 Å². The van der Waals surface area contributed by atoms with E-state index in [1.54, 1.807) is 0 Å². The Hall–Kier alpha value is -1.04. The van der Waals surface area contributed by atoms with E-state index in [2.05, 4.69) is 24.4 Å². The van der Waals surface area contributed by atoms with E-state index in [9.17, 15) is 10.4 Å². The van der Waals surface area contributed by atoms with Crippen molar-refractivity contribution in [2.75, 3.05) is 26.2 Å². The molecule has 120 valence electrons. The third-order valence-corrected chi connectivity index (χ3v) is 3.34. The van der Waals surface area contributed by atoms with Gasteiger partial charge < -0.3 is 15.7 Å². The molecule has 6 nitrogen and oxygen atoms in total. The molecule has 0 aliphatic heterocycles. The van der Waals surface area contributed by atoms with Gasteiger partial charge >= 0.3 is 0 Å². The van der Waals surface area contributed by atoms with E-state index < -0.39 is 0 Å². The molecule has 1 N–H and O–H groups in total. The Morgan fingerprint density at radius 1 is 0.900 bits per heavy atom. The molecule has 0 unspecified atom stereocenters. The number of hydrogen-bond donors (Lipinski definition) is 1. The fourth-order valence-corrected chi connectivity index (χ4v) is 2.07. The molecule has 0 rings (SSSR count). The minimum absolute atomic E-state index is 0.185. The van der Waals surface area contributed by atoms with Gasteiger partial charge in [-0.15, -0.1) is 5.01 Å². The Bertz CT molecular complexity index is 237. The molecule has 0 saturated heterocycles. The van der Waals surface area contributed by atoms with Gasteiger partial charge in [0.05, 0.1) is 13.1 Å². The second-order valence-electron chi connectivity index (χ2n) is 5.16. The molecular formula is C14H31N4O2-. The van der Waals surface area contributed by atoms with Gasteiger partial charge in [0.25, 0.3) is 0 Å². The maximum Gasteiger partial charge on any atom is 0.0892 e. The van der Waals surface area contributed by atoms with Gasteiger partial charge in [0, 0.05) is 11.5 Å². The van der Waals surface area contributed by atoms with E-state index >= 15 is 0 Å². The van der Waals surface area contributed by atoms with Crippen molar-refractivity contribution in [2.45, 2.75) is 65.2 Å². The van der Waals surface area contributed by atoms with Crippen molar-refractivity contribution in [3.8, 4) is 0 Å². The lowest BCUT2D eigenvalue weighted by Crippen LogP contribution is -2.37. The number of rotatable bonds is 14. The predicted molar refractivity (Wildman–Crippen MR) is 82.1 cm³/mol. The molecule has 20 heavy (non-hydrogen) atoms. The molecule has 0 fully saturated rings. The van der Waals surface area contributed by atoms with Crippen molar-refractivity contribution in [2.24, 2.45) is 5.28 Å². The molecule has 0 aromatic carbocycles. The number of nitrogens with one attached hydrogen (secondary N) is 1. The predicted octanol–water partition coefficient (Wildman–Crippen LogP) is 3.41. The average molecular weight is 287 g/mol. The Morgan fingerprint density at radius 2 is 1.55 bits per heavy atom. The van der Waals surface area contributed by atoms with Crippen LogP contribution >= 0.6 is 0 Å². The Labute approximate surface area is 123 Å². The Balaban J connectivity index is 3.71. The van der Waals surface area contributed by atoms with E-state index in [1.807, 2.05) is 0 Å². The molecule has 0 spiro atoms. The first-order valence-corrected chi connectivity index (χ1v) is 8.02. The summed E-state index contributed by atoms with van der Waals surface area (Å²) in [4.78, 5) is 0.185. The first-order valence-electron chi connectivity index (χ1n) is 8.02. The van der Waals surface area contributed by atoms with Crippen LogP contribution < -0.4 is 5.32 Å². The zero-order valence-corrected chi connectivity index (χ0v) is 13.1. The third-order valence-electron chi connectivity index (χ3n) is 3.34. The molecule has 0 atom stereocenters. The molecule has 0 heterocycles. The maximum absolute atomic E-state index is 11.3. The highest BCUT2D eigenvalue weighted by Gasteiger charge is 2.10. The fourth-order valence-electron chi connectivity index (χ4n) is 2.07. The topological polar surface area (TPSA) is 76.8 Å². The summed E-state index contributed by atoms with van der Waals surface area (Å²) in [6, 6.07) is 0. The van der Waals surface area contributed by atoms with E-state index in [1.165, 1.54) is 24.3 Å². The van der Waals surface area contributed by atoms with E-state index in [-0.39, 0.29) is 4.97 Å². The lowest BCUT2D eigenvalue weighted by molar-refractivity contribution is -0.690. The summed E-state index contributed by atoms with van der Waals surface area (Å²) < 4.78 is 0. The molecule has 0 aliphatic carbocycles. The van der Waals surface area contributed by atoms with Crippen molar-refractivity contribution in [3.05, 3.63) is 10.4 Å². The first-order chi connectivity index (χ1) is 9.76. The van der Waals surface area contributed by atoms with Crippen molar-refractivity contribution < 1.29 is 4.97 Å². The highest BCUT2D eigenvalue weighted by atomic mass is 16.6. The second-order valence-corrected chi connectivity index (χ2v) is 5.16. The first kappa shape index (κ1) is 19.0. The zero-order chi connectivity index (χ0) is 15.1. The summed E-state index contributed by atoms with van der Waals surface area (Å²) >= 11 is 0. The van der Waals surface area contributed by atoms with Crippen LogP contribution in [0.1, 0.15) is 65.2 Å². The fraction of sp³-hybridized carbons (Fsp3) is 1.00. The smallest absolute Gasteiger partial charge is 0.0892 e. The van der Waals surface area contributed by atoms with Crippen molar-refractivity contribution in [1.29, 1.82) is 0 Å². The molecule has 0 aromatic heterocycles. The quantitative estimate of drug-likeness (QED) is 0.230.